The molecule has 5 rings (SSSR count). The van der Waals surface area contributed by atoms with Crippen LogP contribution in [-0.4, -0.2) is 52.2 Å². The summed E-state index contributed by atoms with van der Waals surface area (Å²) in [6, 6.07) is 5.72. The first kappa shape index (κ1) is 25.1. The van der Waals surface area contributed by atoms with Crippen LogP contribution in [0.15, 0.2) is 45.6 Å². The molecule has 3 heterocycles. The summed E-state index contributed by atoms with van der Waals surface area (Å²) in [5, 5.41) is 13.6. The summed E-state index contributed by atoms with van der Waals surface area (Å²) in [6.07, 6.45) is 6.64. The lowest BCUT2D eigenvalue weighted by Gasteiger charge is -2.41. The van der Waals surface area contributed by atoms with Crippen LogP contribution in [0.1, 0.15) is 61.3 Å². The third-order valence-corrected chi connectivity index (χ3v) is 7.34. The van der Waals surface area contributed by atoms with Gasteiger partial charge in [-0.15, -0.1) is 0 Å². The maximum atomic E-state index is 14.1. The Morgan fingerprint density at radius 1 is 1.11 bits per heavy atom. The molecule has 1 aromatic carbocycles. The SMILES string of the molecule is C[C@H](NC(=O)[C@H]1CN(C2CCCC2)CC[C@@H]1NC(=O)c1cc(-c2ccc(F)cc2F)on1)c1ccon1. The van der Waals surface area contributed by atoms with Crippen LogP contribution in [0, 0.1) is 17.6 Å². The molecule has 1 aliphatic heterocycles. The fraction of sp³-hybridized carbons (Fsp3) is 0.462. The van der Waals surface area contributed by atoms with Crippen LogP contribution >= 0.6 is 0 Å². The molecule has 3 atom stereocenters. The molecule has 196 valence electrons. The average Bonchev–Trinajstić information content (AvgIpc) is 3.67. The van der Waals surface area contributed by atoms with Gasteiger partial charge in [0.2, 0.25) is 5.91 Å². The summed E-state index contributed by atoms with van der Waals surface area (Å²) in [6.45, 7) is 3.12. The van der Waals surface area contributed by atoms with Crippen LogP contribution in [0.25, 0.3) is 11.3 Å². The zero-order valence-electron chi connectivity index (χ0n) is 20.5. The minimum Gasteiger partial charge on any atom is -0.364 e. The molecule has 2 aliphatic rings. The standard InChI is InChI=1S/C26H29F2N5O4/c1-15(21-9-11-36-31-21)29-25(34)19-14-33(17-4-2-3-5-17)10-8-22(19)30-26(35)23-13-24(37-32-23)18-7-6-16(27)12-20(18)28/h6-7,9,11-13,15,17,19,22H,2-5,8,10,14H2,1H3,(H,29,34)(H,30,35)/t15-,19-,22-/m0/s1. The Labute approximate surface area is 212 Å². The molecule has 2 aromatic heterocycles. The first-order valence-corrected chi connectivity index (χ1v) is 12.6. The summed E-state index contributed by atoms with van der Waals surface area (Å²) in [4.78, 5) is 28.8. The van der Waals surface area contributed by atoms with E-state index in [-0.39, 0.29) is 29.0 Å². The number of hydrogen-bond acceptors (Lipinski definition) is 7. The largest absolute Gasteiger partial charge is 0.364 e. The number of piperidine rings is 1. The van der Waals surface area contributed by atoms with Gasteiger partial charge in [-0.3, -0.25) is 14.5 Å². The number of nitrogens with one attached hydrogen (secondary N) is 2. The molecule has 0 bridgehead atoms. The van der Waals surface area contributed by atoms with Crippen molar-refractivity contribution in [2.75, 3.05) is 13.1 Å². The van der Waals surface area contributed by atoms with Crippen LogP contribution in [0.4, 0.5) is 8.78 Å². The van der Waals surface area contributed by atoms with Crippen molar-refractivity contribution in [2.24, 2.45) is 5.92 Å². The number of carbonyl (C=O) groups excluding carboxylic acids is 2. The van der Waals surface area contributed by atoms with E-state index in [0.29, 0.717) is 24.7 Å². The van der Waals surface area contributed by atoms with Gasteiger partial charge in [-0.1, -0.05) is 23.2 Å². The van der Waals surface area contributed by atoms with Crippen LogP contribution < -0.4 is 10.6 Å². The maximum absolute atomic E-state index is 14.1. The van der Waals surface area contributed by atoms with E-state index in [1.54, 1.807) is 6.07 Å². The number of aromatic nitrogens is 2. The molecule has 2 amide bonds. The second kappa shape index (κ2) is 10.8. The second-order valence-corrected chi connectivity index (χ2v) is 9.76. The van der Waals surface area contributed by atoms with Gasteiger partial charge >= 0.3 is 0 Å². The highest BCUT2D eigenvalue weighted by molar-refractivity contribution is 5.94. The first-order valence-electron chi connectivity index (χ1n) is 12.6. The predicted octanol–water partition coefficient (Wildman–Crippen LogP) is 3.85. The van der Waals surface area contributed by atoms with Gasteiger partial charge < -0.3 is 19.7 Å². The van der Waals surface area contributed by atoms with Gasteiger partial charge in [-0.2, -0.15) is 0 Å². The molecule has 1 saturated carbocycles. The highest BCUT2D eigenvalue weighted by Crippen LogP contribution is 2.29. The fourth-order valence-electron chi connectivity index (χ4n) is 5.30. The van der Waals surface area contributed by atoms with Crippen molar-refractivity contribution >= 4 is 11.8 Å². The fourth-order valence-corrected chi connectivity index (χ4v) is 5.30. The number of amides is 2. The molecule has 11 heteroatoms. The Kier molecular flexibility index (Phi) is 7.31. The smallest absolute Gasteiger partial charge is 0.273 e. The van der Waals surface area contributed by atoms with Crippen LogP contribution in [0.3, 0.4) is 0 Å². The molecule has 9 nitrogen and oxygen atoms in total. The van der Waals surface area contributed by atoms with E-state index in [9.17, 15) is 18.4 Å². The second-order valence-electron chi connectivity index (χ2n) is 9.76. The minimum atomic E-state index is -0.819. The van der Waals surface area contributed by atoms with Crippen LogP contribution in [-0.2, 0) is 4.79 Å². The molecule has 1 aliphatic carbocycles. The van der Waals surface area contributed by atoms with Gasteiger partial charge in [0, 0.05) is 43.4 Å². The summed E-state index contributed by atoms with van der Waals surface area (Å²) in [7, 11) is 0. The van der Waals surface area contributed by atoms with Gasteiger partial charge in [-0.25, -0.2) is 8.78 Å². The summed E-state index contributed by atoms with van der Waals surface area (Å²) in [5.41, 5.74) is 0.560. The van der Waals surface area contributed by atoms with E-state index in [1.165, 1.54) is 31.2 Å². The van der Waals surface area contributed by atoms with Crippen molar-refractivity contribution in [1.82, 2.24) is 25.8 Å². The summed E-state index contributed by atoms with van der Waals surface area (Å²) in [5.74, 6) is -2.73. The Hall–Kier alpha value is -3.60. The maximum Gasteiger partial charge on any atom is 0.273 e. The average molecular weight is 514 g/mol. The topological polar surface area (TPSA) is 114 Å². The third-order valence-electron chi connectivity index (χ3n) is 7.34. The lowest BCUT2D eigenvalue weighted by atomic mass is 9.89. The third kappa shape index (κ3) is 5.56. The predicted molar refractivity (Wildman–Crippen MR) is 128 cm³/mol. The van der Waals surface area contributed by atoms with Crippen LogP contribution in [0.5, 0.6) is 0 Å². The Bertz CT molecular complexity index is 1240. The number of benzene rings is 1. The molecule has 0 unspecified atom stereocenters. The molecule has 2 fully saturated rings. The zero-order valence-corrected chi connectivity index (χ0v) is 20.5. The first-order chi connectivity index (χ1) is 17.9. The highest BCUT2D eigenvalue weighted by atomic mass is 19.1. The number of halogens is 2. The van der Waals surface area contributed by atoms with E-state index >= 15 is 0 Å². The van der Waals surface area contributed by atoms with Crippen molar-refractivity contribution in [3.05, 3.63) is 59.6 Å². The van der Waals surface area contributed by atoms with Gasteiger partial charge in [0.05, 0.1) is 17.5 Å². The molecule has 0 spiro atoms. The summed E-state index contributed by atoms with van der Waals surface area (Å²) >= 11 is 0. The summed E-state index contributed by atoms with van der Waals surface area (Å²) < 4.78 is 37.4. The van der Waals surface area contributed by atoms with E-state index < -0.39 is 29.5 Å². The Morgan fingerprint density at radius 3 is 2.65 bits per heavy atom. The van der Waals surface area contributed by atoms with E-state index in [1.807, 2.05) is 6.92 Å². The molecule has 37 heavy (non-hydrogen) atoms. The van der Waals surface area contributed by atoms with Crippen molar-refractivity contribution in [3.63, 3.8) is 0 Å². The number of hydrogen-bond donors (Lipinski definition) is 2. The van der Waals surface area contributed by atoms with E-state index in [4.69, 9.17) is 9.05 Å². The Morgan fingerprint density at radius 2 is 1.92 bits per heavy atom. The van der Waals surface area contributed by atoms with Crippen molar-refractivity contribution in [1.29, 1.82) is 0 Å². The van der Waals surface area contributed by atoms with Crippen LogP contribution in [0.2, 0.25) is 0 Å². The van der Waals surface area contributed by atoms with E-state index in [0.717, 1.165) is 31.5 Å². The van der Waals surface area contributed by atoms with Crippen molar-refractivity contribution < 1.29 is 27.4 Å². The minimum absolute atomic E-state index is 0.00285. The molecule has 3 aromatic rings. The van der Waals surface area contributed by atoms with Crippen molar-refractivity contribution in [2.45, 2.75) is 57.2 Å². The Balaban J connectivity index is 1.30. The lowest BCUT2D eigenvalue weighted by Crippen LogP contribution is -2.57. The van der Waals surface area contributed by atoms with E-state index in [2.05, 4.69) is 25.8 Å². The number of rotatable bonds is 7. The normalized spacial score (nSPS) is 21.6. The molecular formula is C26H29F2N5O4. The van der Waals surface area contributed by atoms with Gasteiger partial charge in [-0.05, 0) is 38.3 Å². The lowest BCUT2D eigenvalue weighted by molar-refractivity contribution is -0.128. The quantitative estimate of drug-likeness (QED) is 0.493. The van der Waals surface area contributed by atoms with Crippen molar-refractivity contribution in [3.8, 4) is 11.3 Å². The van der Waals surface area contributed by atoms with Gasteiger partial charge in [0.25, 0.3) is 5.91 Å². The highest BCUT2D eigenvalue weighted by Gasteiger charge is 2.39. The number of nitrogens with zero attached hydrogens (tertiary/aromatic N) is 3. The molecule has 0 radical (unpaired) electrons. The van der Waals surface area contributed by atoms with Gasteiger partial charge in [0.1, 0.15) is 23.6 Å². The molecule has 1 saturated heterocycles. The molecular weight excluding hydrogens is 484 g/mol. The number of carbonyl (C=O) groups is 2. The molecule has 2 N–H and O–H groups in total. The zero-order chi connectivity index (χ0) is 25.9. The van der Waals surface area contributed by atoms with Gasteiger partial charge in [0.15, 0.2) is 11.5 Å². The number of likely N-dealkylation sites (tertiary alicyclic amines) is 1. The monoisotopic (exact) mass is 513 g/mol.